The SMILES string of the molecule is CCCC1CCc2nc(NC(=O)C3(OC)CCNCC3)sc2C1.Cl. The van der Waals surface area contributed by atoms with Crippen LogP contribution in [0.1, 0.15) is 49.6 Å². The van der Waals surface area contributed by atoms with Crippen LogP contribution in [0.2, 0.25) is 0 Å². The maximum absolute atomic E-state index is 12.7. The molecule has 0 spiro atoms. The molecule has 1 amide bonds. The third-order valence-corrected chi connectivity index (χ3v) is 6.21. The summed E-state index contributed by atoms with van der Waals surface area (Å²) in [6.45, 7) is 3.87. The molecular formula is C17H28ClN3O2S. The summed E-state index contributed by atoms with van der Waals surface area (Å²) in [5.74, 6) is 0.740. The fourth-order valence-electron chi connectivity index (χ4n) is 3.72. The summed E-state index contributed by atoms with van der Waals surface area (Å²) in [5, 5.41) is 7.04. The predicted molar refractivity (Wildman–Crippen MR) is 100 cm³/mol. The van der Waals surface area contributed by atoms with Gasteiger partial charge in [-0.15, -0.1) is 23.7 Å². The normalized spacial score (nSPS) is 22.3. The lowest BCUT2D eigenvalue weighted by Gasteiger charge is -2.34. The number of methoxy groups -OCH3 is 1. The quantitative estimate of drug-likeness (QED) is 0.832. The van der Waals surface area contributed by atoms with Crippen LogP contribution < -0.4 is 10.6 Å². The molecule has 2 N–H and O–H groups in total. The molecule has 3 rings (SSSR count). The molecule has 5 nitrogen and oxygen atoms in total. The molecule has 1 atom stereocenters. The fourth-order valence-corrected chi connectivity index (χ4v) is 4.83. The van der Waals surface area contributed by atoms with Gasteiger partial charge in [0.15, 0.2) is 5.13 Å². The van der Waals surface area contributed by atoms with E-state index >= 15 is 0 Å². The second-order valence-electron chi connectivity index (χ2n) is 6.69. The van der Waals surface area contributed by atoms with Crippen LogP contribution in [-0.2, 0) is 22.4 Å². The van der Waals surface area contributed by atoms with E-state index in [4.69, 9.17) is 4.74 Å². The number of aryl methyl sites for hydroxylation is 1. The van der Waals surface area contributed by atoms with E-state index in [9.17, 15) is 4.79 Å². The van der Waals surface area contributed by atoms with Crippen molar-refractivity contribution in [3.05, 3.63) is 10.6 Å². The lowest BCUT2D eigenvalue weighted by molar-refractivity contribution is -0.140. The van der Waals surface area contributed by atoms with Crippen LogP contribution in [0.3, 0.4) is 0 Å². The Kier molecular flexibility index (Phi) is 7.04. The number of amides is 1. The van der Waals surface area contributed by atoms with Gasteiger partial charge in [0, 0.05) is 12.0 Å². The standard InChI is InChI=1S/C17H27N3O2S.ClH/c1-3-4-12-5-6-13-14(11-12)23-16(19-13)20-15(21)17(22-2)7-9-18-10-8-17;/h12,18H,3-11H2,1-2H3,(H,19,20,21);1H. The van der Waals surface area contributed by atoms with Crippen molar-refractivity contribution >= 4 is 34.8 Å². The molecule has 24 heavy (non-hydrogen) atoms. The number of halogens is 1. The molecule has 2 heterocycles. The van der Waals surface area contributed by atoms with E-state index < -0.39 is 5.60 Å². The Bertz CT molecular complexity index is 558. The Morgan fingerprint density at radius 1 is 1.46 bits per heavy atom. The van der Waals surface area contributed by atoms with Crippen LogP contribution in [0, 0.1) is 5.92 Å². The molecule has 1 fully saturated rings. The number of aromatic nitrogens is 1. The Hall–Kier alpha value is -0.690. The third kappa shape index (κ3) is 4.10. The number of anilines is 1. The Labute approximate surface area is 154 Å². The number of fused-ring (bicyclic) bond motifs is 1. The summed E-state index contributed by atoms with van der Waals surface area (Å²) in [5.41, 5.74) is 0.483. The van der Waals surface area contributed by atoms with Crippen molar-refractivity contribution in [2.24, 2.45) is 5.92 Å². The summed E-state index contributed by atoms with van der Waals surface area (Å²) in [6, 6.07) is 0. The van der Waals surface area contributed by atoms with Gasteiger partial charge in [0.05, 0.1) is 5.69 Å². The molecule has 0 saturated carbocycles. The van der Waals surface area contributed by atoms with Crippen molar-refractivity contribution in [1.29, 1.82) is 0 Å². The van der Waals surface area contributed by atoms with Crippen LogP contribution >= 0.6 is 23.7 Å². The van der Waals surface area contributed by atoms with Gasteiger partial charge >= 0.3 is 0 Å². The van der Waals surface area contributed by atoms with E-state index in [1.54, 1.807) is 18.4 Å². The first-order chi connectivity index (χ1) is 11.2. The maximum Gasteiger partial charge on any atom is 0.258 e. The molecule has 136 valence electrons. The van der Waals surface area contributed by atoms with E-state index in [-0.39, 0.29) is 18.3 Å². The average Bonchev–Trinajstić information content (AvgIpc) is 2.97. The molecule has 1 aliphatic carbocycles. The van der Waals surface area contributed by atoms with Crippen LogP contribution in [0.25, 0.3) is 0 Å². The molecule has 1 unspecified atom stereocenters. The van der Waals surface area contributed by atoms with Gasteiger partial charge in [-0.05, 0) is 51.1 Å². The second-order valence-corrected chi connectivity index (χ2v) is 7.77. The predicted octanol–water partition coefficient (Wildman–Crippen LogP) is 3.18. The van der Waals surface area contributed by atoms with Gasteiger partial charge in [-0.1, -0.05) is 19.8 Å². The number of thiazole rings is 1. The van der Waals surface area contributed by atoms with Gasteiger partial charge in [-0.3, -0.25) is 10.1 Å². The molecule has 1 aromatic heterocycles. The molecule has 7 heteroatoms. The molecule has 1 saturated heterocycles. The number of hydrogen-bond donors (Lipinski definition) is 2. The number of carbonyl (C=O) groups excluding carboxylic acids is 1. The van der Waals surface area contributed by atoms with Gasteiger partial charge in [-0.25, -0.2) is 4.98 Å². The zero-order chi connectivity index (χ0) is 16.3. The first-order valence-corrected chi connectivity index (χ1v) is 9.54. The number of carbonyl (C=O) groups is 1. The minimum absolute atomic E-state index is 0. The molecular weight excluding hydrogens is 346 g/mol. The highest BCUT2D eigenvalue weighted by Gasteiger charge is 2.40. The van der Waals surface area contributed by atoms with Crippen LogP contribution in [-0.4, -0.2) is 36.7 Å². The summed E-state index contributed by atoms with van der Waals surface area (Å²) < 4.78 is 5.59. The number of rotatable bonds is 5. The zero-order valence-corrected chi connectivity index (χ0v) is 16.2. The second kappa shape index (κ2) is 8.61. The van der Waals surface area contributed by atoms with E-state index in [1.165, 1.54) is 29.8 Å². The number of nitrogens with zero attached hydrogens (tertiary/aromatic N) is 1. The highest BCUT2D eigenvalue weighted by Crippen LogP contribution is 2.35. The monoisotopic (exact) mass is 373 g/mol. The topological polar surface area (TPSA) is 63.2 Å². The van der Waals surface area contributed by atoms with E-state index in [0.29, 0.717) is 12.8 Å². The van der Waals surface area contributed by atoms with Crippen molar-refractivity contribution in [1.82, 2.24) is 10.3 Å². The third-order valence-electron chi connectivity index (χ3n) is 5.17. The van der Waals surface area contributed by atoms with E-state index in [2.05, 4.69) is 22.5 Å². The van der Waals surface area contributed by atoms with Gasteiger partial charge < -0.3 is 10.1 Å². The molecule has 0 bridgehead atoms. The van der Waals surface area contributed by atoms with Gasteiger partial charge in [0.2, 0.25) is 0 Å². The smallest absolute Gasteiger partial charge is 0.258 e. The highest BCUT2D eigenvalue weighted by molar-refractivity contribution is 7.15. The van der Waals surface area contributed by atoms with Crippen LogP contribution in [0.5, 0.6) is 0 Å². The van der Waals surface area contributed by atoms with Crippen molar-refractivity contribution in [3.63, 3.8) is 0 Å². The first-order valence-electron chi connectivity index (χ1n) is 8.73. The molecule has 2 aliphatic rings. The largest absolute Gasteiger partial charge is 0.368 e. The van der Waals surface area contributed by atoms with Crippen molar-refractivity contribution in [2.45, 2.75) is 57.5 Å². The lowest BCUT2D eigenvalue weighted by atomic mass is 9.88. The first kappa shape index (κ1) is 19.6. The zero-order valence-electron chi connectivity index (χ0n) is 14.5. The molecule has 1 aromatic rings. The van der Waals surface area contributed by atoms with Gasteiger partial charge in [-0.2, -0.15) is 0 Å². The number of nitrogens with one attached hydrogen (secondary N) is 2. The molecule has 1 aliphatic heterocycles. The Balaban J connectivity index is 0.00000208. The van der Waals surface area contributed by atoms with E-state index in [0.717, 1.165) is 37.0 Å². The fraction of sp³-hybridized carbons (Fsp3) is 0.765. The van der Waals surface area contributed by atoms with Crippen LogP contribution in [0.4, 0.5) is 5.13 Å². The summed E-state index contributed by atoms with van der Waals surface area (Å²) in [7, 11) is 1.63. The van der Waals surface area contributed by atoms with Crippen molar-refractivity contribution < 1.29 is 9.53 Å². The van der Waals surface area contributed by atoms with Crippen molar-refractivity contribution in [2.75, 3.05) is 25.5 Å². The summed E-state index contributed by atoms with van der Waals surface area (Å²) in [4.78, 5) is 18.7. The van der Waals surface area contributed by atoms with Gasteiger partial charge in [0.1, 0.15) is 5.60 Å². The van der Waals surface area contributed by atoms with Gasteiger partial charge in [0.25, 0.3) is 5.91 Å². The highest BCUT2D eigenvalue weighted by atomic mass is 35.5. The Morgan fingerprint density at radius 3 is 2.88 bits per heavy atom. The number of hydrogen-bond acceptors (Lipinski definition) is 5. The van der Waals surface area contributed by atoms with Crippen molar-refractivity contribution in [3.8, 4) is 0 Å². The minimum atomic E-state index is -0.706. The molecule has 0 aromatic carbocycles. The minimum Gasteiger partial charge on any atom is -0.368 e. The summed E-state index contributed by atoms with van der Waals surface area (Å²) >= 11 is 1.65. The van der Waals surface area contributed by atoms with E-state index in [1.807, 2.05) is 0 Å². The average molecular weight is 374 g/mol. The van der Waals surface area contributed by atoms with Crippen LogP contribution in [0.15, 0.2) is 0 Å². The maximum atomic E-state index is 12.7. The summed E-state index contributed by atoms with van der Waals surface area (Å²) in [6.07, 6.45) is 7.34. The molecule has 0 radical (unpaired) electrons. The number of piperidine rings is 1. The lowest BCUT2D eigenvalue weighted by Crippen LogP contribution is -2.51. The number of ether oxygens (including phenoxy) is 1. The Morgan fingerprint density at radius 2 is 2.21 bits per heavy atom.